The summed E-state index contributed by atoms with van der Waals surface area (Å²) in [7, 11) is 0. The molecule has 24 heavy (non-hydrogen) atoms. The Kier molecular flexibility index (Phi) is 6.92. The van der Waals surface area contributed by atoms with Crippen molar-refractivity contribution in [1.29, 1.82) is 0 Å². The predicted molar refractivity (Wildman–Crippen MR) is 104 cm³/mol. The summed E-state index contributed by atoms with van der Waals surface area (Å²) in [6.45, 7) is 8.66. The van der Waals surface area contributed by atoms with Gasteiger partial charge in [-0.05, 0) is 30.0 Å². The molecule has 0 bridgehead atoms. The predicted octanol–water partition coefficient (Wildman–Crippen LogP) is 5.70. The largest absolute Gasteiger partial charge is 0.345 e. The molecule has 3 heteroatoms. The highest BCUT2D eigenvalue weighted by molar-refractivity contribution is 8.00. The van der Waals surface area contributed by atoms with Crippen LogP contribution in [0.5, 0.6) is 0 Å². The highest BCUT2D eigenvalue weighted by Gasteiger charge is 2.19. The average molecular weight is 342 g/mol. The molecule has 1 atom stereocenters. The number of rotatable bonds is 7. The first-order chi connectivity index (χ1) is 11.5. The molecule has 2 rings (SSSR count). The molecule has 2 aromatic carbocycles. The second-order valence-corrected chi connectivity index (χ2v) is 8.35. The lowest BCUT2D eigenvalue weighted by Crippen LogP contribution is -2.30. The van der Waals surface area contributed by atoms with Gasteiger partial charge in [-0.15, -0.1) is 11.8 Å². The topological polar surface area (TPSA) is 29.1 Å². The Bertz CT molecular complexity index is 652. The summed E-state index contributed by atoms with van der Waals surface area (Å²) in [5, 5.41) is 3.69. The van der Waals surface area contributed by atoms with Crippen LogP contribution in [0.3, 0.4) is 0 Å². The van der Waals surface area contributed by atoms with Gasteiger partial charge in [0.05, 0.1) is 11.6 Å². The molecule has 128 valence electrons. The van der Waals surface area contributed by atoms with E-state index in [1.54, 1.807) is 11.8 Å². The van der Waals surface area contributed by atoms with E-state index in [9.17, 15) is 4.79 Å². The Hall–Kier alpha value is -1.74. The minimum absolute atomic E-state index is 0.00764. The van der Waals surface area contributed by atoms with Gasteiger partial charge in [0.2, 0.25) is 0 Å². The lowest BCUT2D eigenvalue weighted by atomic mass is 9.96. The molecule has 0 spiro atoms. The molecule has 0 unspecified atom stereocenters. The van der Waals surface area contributed by atoms with Crippen molar-refractivity contribution < 1.29 is 4.79 Å². The van der Waals surface area contributed by atoms with Crippen molar-refractivity contribution in [2.75, 3.05) is 0 Å². The van der Waals surface area contributed by atoms with E-state index in [0.717, 1.165) is 22.4 Å². The van der Waals surface area contributed by atoms with Crippen LogP contribution in [0, 0.1) is 5.92 Å². The van der Waals surface area contributed by atoms with E-state index in [4.69, 9.17) is 0 Å². The van der Waals surface area contributed by atoms with Crippen molar-refractivity contribution in [3.05, 3.63) is 65.7 Å². The Balaban J connectivity index is 2.22. The summed E-state index contributed by atoms with van der Waals surface area (Å²) in [6, 6.07) is 18.1. The first-order valence-electron chi connectivity index (χ1n) is 8.59. The quantitative estimate of drug-likeness (QED) is 0.654. The Morgan fingerprint density at radius 2 is 1.58 bits per heavy atom. The lowest BCUT2D eigenvalue weighted by Gasteiger charge is -2.22. The van der Waals surface area contributed by atoms with Gasteiger partial charge in [0.15, 0.2) is 0 Å². The maximum atomic E-state index is 12.9. The zero-order valence-corrected chi connectivity index (χ0v) is 15.8. The van der Waals surface area contributed by atoms with Gasteiger partial charge < -0.3 is 5.32 Å². The van der Waals surface area contributed by atoms with Crippen LogP contribution in [0.4, 0.5) is 0 Å². The first-order valence-corrected chi connectivity index (χ1v) is 9.46. The third-order valence-corrected chi connectivity index (χ3v) is 4.79. The molecule has 0 fully saturated rings. The highest BCUT2D eigenvalue weighted by atomic mass is 32.2. The fourth-order valence-electron chi connectivity index (χ4n) is 2.68. The number of amides is 1. The van der Waals surface area contributed by atoms with E-state index in [1.165, 1.54) is 0 Å². The number of hydrogen-bond acceptors (Lipinski definition) is 2. The van der Waals surface area contributed by atoms with Gasteiger partial charge in [-0.2, -0.15) is 0 Å². The molecular weight excluding hydrogens is 314 g/mol. The average Bonchev–Trinajstić information content (AvgIpc) is 2.54. The van der Waals surface area contributed by atoms with E-state index in [0.29, 0.717) is 11.2 Å². The molecule has 0 aliphatic rings. The molecule has 1 N–H and O–H groups in total. The molecule has 0 radical (unpaired) electrons. The van der Waals surface area contributed by atoms with Crippen molar-refractivity contribution >= 4 is 17.7 Å². The van der Waals surface area contributed by atoms with Crippen LogP contribution in [0.15, 0.2) is 59.5 Å². The van der Waals surface area contributed by atoms with Crippen LogP contribution < -0.4 is 5.32 Å². The molecule has 2 aromatic rings. The van der Waals surface area contributed by atoms with Gasteiger partial charge in [0.1, 0.15) is 0 Å². The number of carbonyl (C=O) groups excluding carboxylic acids is 1. The number of hydrogen-bond donors (Lipinski definition) is 1. The molecule has 2 nitrogen and oxygen atoms in total. The zero-order chi connectivity index (χ0) is 17.5. The smallest absolute Gasteiger partial charge is 0.252 e. The van der Waals surface area contributed by atoms with Crippen molar-refractivity contribution in [2.24, 2.45) is 5.92 Å². The van der Waals surface area contributed by atoms with E-state index >= 15 is 0 Å². The summed E-state index contributed by atoms with van der Waals surface area (Å²) in [5.74, 6) is 0.518. The fourth-order valence-corrected chi connectivity index (χ4v) is 3.63. The molecule has 0 aliphatic heterocycles. The first kappa shape index (κ1) is 18.6. The normalized spacial score (nSPS) is 12.4. The number of carbonyl (C=O) groups is 1. The number of benzene rings is 2. The van der Waals surface area contributed by atoms with Crippen LogP contribution >= 0.6 is 11.8 Å². The van der Waals surface area contributed by atoms with E-state index in [2.05, 4.69) is 45.1 Å². The molecule has 0 aromatic heterocycles. The van der Waals surface area contributed by atoms with E-state index < -0.39 is 0 Å². The summed E-state index contributed by atoms with van der Waals surface area (Å²) in [5.41, 5.74) is 1.93. The van der Waals surface area contributed by atoms with Crippen LogP contribution in [0.25, 0.3) is 0 Å². The van der Waals surface area contributed by atoms with Gasteiger partial charge in [-0.3, -0.25) is 4.79 Å². The summed E-state index contributed by atoms with van der Waals surface area (Å²) >= 11 is 1.73. The molecule has 0 aliphatic carbocycles. The third-order valence-electron chi connectivity index (χ3n) is 3.71. The standard InChI is InChI=1S/C21H27NOS/c1-15(2)14-19(17-10-6-5-7-11-17)22-21(23)18-12-8-9-13-20(18)24-16(3)4/h5-13,15-16,19H,14H2,1-4H3,(H,22,23)/t19-/m1/s1. The summed E-state index contributed by atoms with van der Waals surface area (Å²) in [4.78, 5) is 13.9. The SMILES string of the molecule is CC(C)C[C@@H](NC(=O)c1ccccc1SC(C)C)c1ccccc1. The molecule has 0 saturated heterocycles. The van der Waals surface area contributed by atoms with Crippen LogP contribution in [-0.4, -0.2) is 11.2 Å². The monoisotopic (exact) mass is 341 g/mol. The van der Waals surface area contributed by atoms with Gasteiger partial charge in [0.25, 0.3) is 5.91 Å². The Morgan fingerprint density at radius 1 is 0.958 bits per heavy atom. The molecule has 1 amide bonds. The van der Waals surface area contributed by atoms with E-state index in [-0.39, 0.29) is 11.9 Å². The van der Waals surface area contributed by atoms with Crippen molar-refractivity contribution in [1.82, 2.24) is 5.32 Å². The molecule has 0 saturated carbocycles. The van der Waals surface area contributed by atoms with Gasteiger partial charge in [0, 0.05) is 10.1 Å². The number of thioether (sulfide) groups is 1. The number of nitrogens with one attached hydrogen (secondary N) is 1. The zero-order valence-electron chi connectivity index (χ0n) is 15.0. The fraction of sp³-hybridized carbons (Fsp3) is 0.381. The van der Waals surface area contributed by atoms with Crippen molar-refractivity contribution in [2.45, 2.75) is 50.3 Å². The third kappa shape index (κ3) is 5.41. The van der Waals surface area contributed by atoms with Crippen molar-refractivity contribution in [3.63, 3.8) is 0 Å². The maximum absolute atomic E-state index is 12.9. The summed E-state index contributed by atoms with van der Waals surface area (Å²) in [6.07, 6.45) is 0.926. The second-order valence-electron chi connectivity index (χ2n) is 6.73. The van der Waals surface area contributed by atoms with Crippen LogP contribution in [0.2, 0.25) is 0 Å². The molecule has 0 heterocycles. The second kappa shape index (κ2) is 8.93. The van der Waals surface area contributed by atoms with Crippen LogP contribution in [0.1, 0.15) is 56.1 Å². The van der Waals surface area contributed by atoms with Gasteiger partial charge in [-0.25, -0.2) is 0 Å². The lowest BCUT2D eigenvalue weighted by molar-refractivity contribution is 0.0929. The Labute approximate surface area is 150 Å². The summed E-state index contributed by atoms with van der Waals surface area (Å²) < 4.78 is 0. The minimum Gasteiger partial charge on any atom is -0.345 e. The minimum atomic E-state index is 0.00764. The van der Waals surface area contributed by atoms with E-state index in [1.807, 2.05) is 42.5 Å². The maximum Gasteiger partial charge on any atom is 0.252 e. The Morgan fingerprint density at radius 3 is 2.21 bits per heavy atom. The van der Waals surface area contributed by atoms with Crippen molar-refractivity contribution in [3.8, 4) is 0 Å². The van der Waals surface area contributed by atoms with Gasteiger partial charge >= 0.3 is 0 Å². The molecular formula is C21H27NOS. The van der Waals surface area contributed by atoms with Gasteiger partial charge in [-0.1, -0.05) is 70.2 Å². The van der Waals surface area contributed by atoms with Crippen LogP contribution in [-0.2, 0) is 0 Å². The highest BCUT2D eigenvalue weighted by Crippen LogP contribution is 2.28.